The van der Waals surface area contributed by atoms with E-state index in [1.165, 1.54) is 5.06 Å². The Labute approximate surface area is 145 Å². The quantitative estimate of drug-likeness (QED) is 0.756. The van der Waals surface area contributed by atoms with Crippen molar-refractivity contribution in [3.05, 3.63) is 35.9 Å². The van der Waals surface area contributed by atoms with Crippen LogP contribution in [-0.2, 0) is 16.2 Å². The number of benzene rings is 1. The third kappa shape index (κ3) is 6.57. The Bertz CT molecular complexity index is 471. The SMILES string of the molecule is CC(C)N(OCc1ccccc1)C(=O)CN1CCNCCNCC1. The summed E-state index contributed by atoms with van der Waals surface area (Å²) in [6, 6.07) is 9.94. The van der Waals surface area contributed by atoms with Crippen molar-refractivity contribution in [1.29, 1.82) is 0 Å². The molecule has 1 aromatic rings. The van der Waals surface area contributed by atoms with Crippen molar-refractivity contribution in [1.82, 2.24) is 20.6 Å². The van der Waals surface area contributed by atoms with Crippen molar-refractivity contribution < 1.29 is 9.63 Å². The van der Waals surface area contributed by atoms with E-state index in [0.717, 1.165) is 44.8 Å². The smallest absolute Gasteiger partial charge is 0.260 e. The first-order valence-electron chi connectivity index (χ1n) is 8.79. The molecule has 1 saturated heterocycles. The van der Waals surface area contributed by atoms with E-state index in [2.05, 4.69) is 15.5 Å². The Morgan fingerprint density at radius 1 is 1.12 bits per heavy atom. The van der Waals surface area contributed by atoms with Gasteiger partial charge in [-0.25, -0.2) is 5.06 Å². The summed E-state index contributed by atoms with van der Waals surface area (Å²) in [6.45, 7) is 10.2. The van der Waals surface area contributed by atoms with Gasteiger partial charge >= 0.3 is 0 Å². The van der Waals surface area contributed by atoms with Gasteiger partial charge in [-0.1, -0.05) is 30.3 Å². The highest BCUT2D eigenvalue weighted by atomic mass is 16.7. The van der Waals surface area contributed by atoms with E-state index in [0.29, 0.717) is 13.2 Å². The van der Waals surface area contributed by atoms with Gasteiger partial charge in [0.25, 0.3) is 5.91 Å². The number of carbonyl (C=O) groups excluding carboxylic acids is 1. The minimum absolute atomic E-state index is 0.00926. The van der Waals surface area contributed by atoms with E-state index in [9.17, 15) is 4.79 Å². The van der Waals surface area contributed by atoms with Gasteiger partial charge < -0.3 is 10.6 Å². The maximum Gasteiger partial charge on any atom is 0.260 e. The molecular weight excluding hydrogens is 304 g/mol. The molecule has 2 N–H and O–H groups in total. The topological polar surface area (TPSA) is 56.8 Å². The zero-order chi connectivity index (χ0) is 17.2. The van der Waals surface area contributed by atoms with Crippen molar-refractivity contribution in [2.75, 3.05) is 45.8 Å². The molecule has 0 bridgehead atoms. The molecule has 0 radical (unpaired) electrons. The molecule has 6 nitrogen and oxygen atoms in total. The summed E-state index contributed by atoms with van der Waals surface area (Å²) in [5.41, 5.74) is 1.06. The number of nitrogens with one attached hydrogen (secondary N) is 2. The molecule has 0 saturated carbocycles. The molecule has 0 unspecified atom stereocenters. The number of rotatable bonds is 6. The molecule has 0 spiro atoms. The average Bonchev–Trinajstić information content (AvgIpc) is 2.70. The highest BCUT2D eigenvalue weighted by Gasteiger charge is 2.21. The predicted molar refractivity (Wildman–Crippen MR) is 95.4 cm³/mol. The summed E-state index contributed by atoms with van der Waals surface area (Å²) < 4.78 is 0. The number of amides is 1. The lowest BCUT2D eigenvalue weighted by atomic mass is 10.2. The van der Waals surface area contributed by atoms with Crippen LogP contribution in [0.5, 0.6) is 0 Å². The van der Waals surface area contributed by atoms with Gasteiger partial charge in [-0.15, -0.1) is 0 Å². The lowest BCUT2D eigenvalue weighted by Gasteiger charge is -2.29. The van der Waals surface area contributed by atoms with Crippen LogP contribution in [0.15, 0.2) is 30.3 Å². The largest absolute Gasteiger partial charge is 0.314 e. The van der Waals surface area contributed by atoms with Crippen LogP contribution >= 0.6 is 0 Å². The Hall–Kier alpha value is -1.47. The van der Waals surface area contributed by atoms with Crippen molar-refractivity contribution in [3.63, 3.8) is 0 Å². The van der Waals surface area contributed by atoms with Gasteiger partial charge in [0.05, 0.1) is 12.6 Å². The minimum Gasteiger partial charge on any atom is -0.314 e. The summed E-state index contributed by atoms with van der Waals surface area (Å²) in [5, 5.41) is 8.25. The number of hydrogen-bond donors (Lipinski definition) is 2. The van der Waals surface area contributed by atoms with Crippen LogP contribution in [0, 0.1) is 0 Å². The predicted octanol–water partition coefficient (Wildman–Crippen LogP) is 0.850. The molecule has 1 heterocycles. The number of carbonyl (C=O) groups is 1. The first-order valence-corrected chi connectivity index (χ1v) is 8.79. The molecule has 1 aliphatic rings. The van der Waals surface area contributed by atoms with Crippen LogP contribution in [0.2, 0.25) is 0 Å². The highest BCUT2D eigenvalue weighted by Crippen LogP contribution is 2.07. The lowest BCUT2D eigenvalue weighted by Crippen LogP contribution is -2.45. The summed E-state index contributed by atoms with van der Waals surface area (Å²) in [5.74, 6) is 0.0141. The number of hydrogen-bond acceptors (Lipinski definition) is 5. The number of hydroxylamine groups is 2. The lowest BCUT2D eigenvalue weighted by molar-refractivity contribution is -0.203. The van der Waals surface area contributed by atoms with E-state index < -0.39 is 0 Å². The first-order chi connectivity index (χ1) is 11.7. The Balaban J connectivity index is 1.87. The van der Waals surface area contributed by atoms with E-state index in [4.69, 9.17) is 4.84 Å². The molecule has 0 aliphatic carbocycles. The zero-order valence-electron chi connectivity index (χ0n) is 14.8. The molecule has 1 fully saturated rings. The normalized spacial score (nSPS) is 17.1. The summed E-state index contributed by atoms with van der Waals surface area (Å²) in [4.78, 5) is 20.7. The molecule has 24 heavy (non-hydrogen) atoms. The van der Waals surface area contributed by atoms with E-state index in [1.807, 2.05) is 44.2 Å². The van der Waals surface area contributed by atoms with Gasteiger partial charge in [0, 0.05) is 39.3 Å². The fourth-order valence-electron chi connectivity index (χ4n) is 2.66. The van der Waals surface area contributed by atoms with Crippen LogP contribution in [-0.4, -0.2) is 67.7 Å². The van der Waals surface area contributed by atoms with Crippen LogP contribution in [0.4, 0.5) is 0 Å². The van der Waals surface area contributed by atoms with Gasteiger partial charge in [0.15, 0.2) is 0 Å². The maximum atomic E-state index is 12.7. The monoisotopic (exact) mass is 334 g/mol. The van der Waals surface area contributed by atoms with Gasteiger partial charge in [0.2, 0.25) is 0 Å². The first kappa shape index (κ1) is 18.9. The molecule has 1 aromatic carbocycles. The van der Waals surface area contributed by atoms with Crippen LogP contribution in [0.25, 0.3) is 0 Å². The van der Waals surface area contributed by atoms with Crippen LogP contribution in [0.1, 0.15) is 19.4 Å². The van der Waals surface area contributed by atoms with Crippen molar-refractivity contribution >= 4 is 5.91 Å². The van der Waals surface area contributed by atoms with Crippen LogP contribution in [0.3, 0.4) is 0 Å². The number of nitrogens with zero attached hydrogens (tertiary/aromatic N) is 2. The molecule has 6 heteroatoms. The zero-order valence-corrected chi connectivity index (χ0v) is 14.8. The molecule has 0 aromatic heterocycles. The van der Waals surface area contributed by atoms with Gasteiger partial charge in [0.1, 0.15) is 6.61 Å². The van der Waals surface area contributed by atoms with Gasteiger partial charge in [-0.3, -0.25) is 14.5 Å². The second kappa shape index (κ2) is 10.4. The standard InChI is InChI=1S/C18H30N4O2/c1-16(2)22(24-15-17-6-4-3-5-7-17)18(23)14-21-12-10-19-8-9-20-11-13-21/h3-7,16,19-20H,8-15H2,1-2H3. The van der Waals surface area contributed by atoms with Crippen molar-refractivity contribution in [3.8, 4) is 0 Å². The molecule has 134 valence electrons. The van der Waals surface area contributed by atoms with Crippen LogP contribution < -0.4 is 10.6 Å². The fourth-order valence-corrected chi connectivity index (χ4v) is 2.66. The third-order valence-corrected chi connectivity index (χ3v) is 3.97. The minimum atomic E-state index is 0.00926. The highest BCUT2D eigenvalue weighted by molar-refractivity contribution is 5.77. The Morgan fingerprint density at radius 3 is 2.33 bits per heavy atom. The van der Waals surface area contributed by atoms with Gasteiger partial charge in [-0.2, -0.15) is 0 Å². The molecule has 1 aliphatic heterocycles. The third-order valence-electron chi connectivity index (χ3n) is 3.97. The van der Waals surface area contributed by atoms with Crippen molar-refractivity contribution in [2.24, 2.45) is 0 Å². The fraction of sp³-hybridized carbons (Fsp3) is 0.611. The molecule has 0 atom stereocenters. The average molecular weight is 334 g/mol. The Kier molecular flexibility index (Phi) is 8.18. The van der Waals surface area contributed by atoms with Crippen molar-refractivity contribution in [2.45, 2.75) is 26.5 Å². The summed E-state index contributed by atoms with van der Waals surface area (Å²) >= 11 is 0. The second-order valence-corrected chi connectivity index (χ2v) is 6.35. The summed E-state index contributed by atoms with van der Waals surface area (Å²) in [7, 11) is 0. The Morgan fingerprint density at radius 2 is 1.75 bits per heavy atom. The van der Waals surface area contributed by atoms with E-state index in [1.54, 1.807) is 0 Å². The van der Waals surface area contributed by atoms with Gasteiger partial charge in [-0.05, 0) is 19.4 Å². The molecular formula is C18H30N4O2. The summed E-state index contributed by atoms with van der Waals surface area (Å²) in [6.07, 6.45) is 0. The molecule has 2 rings (SSSR count). The molecule has 1 amide bonds. The second-order valence-electron chi connectivity index (χ2n) is 6.35. The maximum absolute atomic E-state index is 12.7. The van der Waals surface area contributed by atoms with E-state index in [-0.39, 0.29) is 11.9 Å². The van der Waals surface area contributed by atoms with E-state index >= 15 is 0 Å².